The standard InChI is InChI=1S/C12H19N3OS2/c1-10-13-14-12(18-10)17-9-6-11(16)15-7-4-2-3-5-8-15/h2-9H2,1H3. The number of carbonyl (C=O) groups excluding carboxylic acids is 1. The van der Waals surface area contributed by atoms with E-state index in [-0.39, 0.29) is 0 Å². The summed E-state index contributed by atoms with van der Waals surface area (Å²) in [6.45, 7) is 3.84. The van der Waals surface area contributed by atoms with E-state index in [0.29, 0.717) is 12.3 Å². The number of hydrogen-bond donors (Lipinski definition) is 0. The van der Waals surface area contributed by atoms with Gasteiger partial charge in [-0.05, 0) is 19.8 Å². The Morgan fingerprint density at radius 1 is 1.28 bits per heavy atom. The van der Waals surface area contributed by atoms with Gasteiger partial charge in [-0.25, -0.2) is 0 Å². The molecule has 0 spiro atoms. The fraction of sp³-hybridized carbons (Fsp3) is 0.750. The van der Waals surface area contributed by atoms with Gasteiger partial charge in [-0.1, -0.05) is 35.9 Å². The molecule has 4 nitrogen and oxygen atoms in total. The molecule has 0 aliphatic carbocycles. The maximum atomic E-state index is 12.0. The number of amides is 1. The van der Waals surface area contributed by atoms with Crippen molar-refractivity contribution in [2.75, 3.05) is 18.8 Å². The molecule has 2 rings (SSSR count). The molecule has 1 saturated heterocycles. The van der Waals surface area contributed by atoms with Crippen LogP contribution in [0.15, 0.2) is 4.34 Å². The largest absolute Gasteiger partial charge is 0.343 e. The lowest BCUT2D eigenvalue weighted by molar-refractivity contribution is -0.130. The maximum absolute atomic E-state index is 12.0. The van der Waals surface area contributed by atoms with Crippen molar-refractivity contribution in [3.63, 3.8) is 0 Å². The monoisotopic (exact) mass is 285 g/mol. The highest BCUT2D eigenvalue weighted by atomic mass is 32.2. The number of aryl methyl sites for hydroxylation is 1. The van der Waals surface area contributed by atoms with Crippen molar-refractivity contribution in [2.24, 2.45) is 0 Å². The van der Waals surface area contributed by atoms with Crippen molar-refractivity contribution in [3.05, 3.63) is 5.01 Å². The van der Waals surface area contributed by atoms with Crippen LogP contribution in [0.25, 0.3) is 0 Å². The summed E-state index contributed by atoms with van der Waals surface area (Å²) in [5.74, 6) is 1.11. The van der Waals surface area contributed by atoms with Gasteiger partial charge in [-0.2, -0.15) is 0 Å². The molecule has 1 aliphatic rings. The van der Waals surface area contributed by atoms with Gasteiger partial charge in [0.1, 0.15) is 5.01 Å². The molecule has 0 bridgehead atoms. The lowest BCUT2D eigenvalue weighted by Gasteiger charge is -2.19. The van der Waals surface area contributed by atoms with Crippen molar-refractivity contribution in [1.82, 2.24) is 15.1 Å². The Balaban J connectivity index is 1.70. The van der Waals surface area contributed by atoms with E-state index in [1.165, 1.54) is 12.8 Å². The first-order chi connectivity index (χ1) is 8.75. The van der Waals surface area contributed by atoms with E-state index < -0.39 is 0 Å². The molecule has 100 valence electrons. The summed E-state index contributed by atoms with van der Waals surface area (Å²) in [6, 6.07) is 0. The molecule has 18 heavy (non-hydrogen) atoms. The third-order valence-electron chi connectivity index (χ3n) is 3.01. The van der Waals surface area contributed by atoms with E-state index >= 15 is 0 Å². The van der Waals surface area contributed by atoms with Crippen molar-refractivity contribution in [3.8, 4) is 0 Å². The topological polar surface area (TPSA) is 46.1 Å². The Kier molecular flexibility index (Phi) is 5.44. The molecule has 0 saturated carbocycles. The van der Waals surface area contributed by atoms with Gasteiger partial charge in [-0.15, -0.1) is 10.2 Å². The SMILES string of the molecule is Cc1nnc(SCCC(=O)N2CCCCCC2)s1. The van der Waals surface area contributed by atoms with Crippen molar-refractivity contribution in [2.45, 2.75) is 43.4 Å². The number of carbonyl (C=O) groups is 1. The highest BCUT2D eigenvalue weighted by Gasteiger charge is 2.15. The van der Waals surface area contributed by atoms with Crippen LogP contribution in [0.1, 0.15) is 37.1 Å². The van der Waals surface area contributed by atoms with Gasteiger partial charge in [0, 0.05) is 25.3 Å². The molecular formula is C12H19N3OS2. The van der Waals surface area contributed by atoms with E-state index in [1.54, 1.807) is 23.1 Å². The van der Waals surface area contributed by atoms with E-state index in [0.717, 1.165) is 41.0 Å². The number of thioether (sulfide) groups is 1. The molecule has 1 aliphatic heterocycles. The lowest BCUT2D eigenvalue weighted by Crippen LogP contribution is -2.31. The number of nitrogens with zero attached hydrogens (tertiary/aromatic N) is 3. The molecule has 1 aromatic heterocycles. The Labute approximate surface area is 116 Å². The molecule has 1 fully saturated rings. The van der Waals surface area contributed by atoms with Gasteiger partial charge in [0.2, 0.25) is 5.91 Å². The van der Waals surface area contributed by atoms with Crippen LogP contribution in [0, 0.1) is 6.92 Å². The molecular weight excluding hydrogens is 266 g/mol. The minimum absolute atomic E-state index is 0.297. The van der Waals surface area contributed by atoms with Gasteiger partial charge in [0.25, 0.3) is 0 Å². The molecule has 6 heteroatoms. The summed E-state index contributed by atoms with van der Waals surface area (Å²) in [6.07, 6.45) is 5.47. The normalized spacial score (nSPS) is 16.6. The molecule has 0 N–H and O–H groups in total. The molecule has 1 amide bonds. The summed E-state index contributed by atoms with van der Waals surface area (Å²) in [5, 5.41) is 9.00. The minimum atomic E-state index is 0.297. The van der Waals surface area contributed by atoms with Crippen LogP contribution >= 0.6 is 23.1 Å². The van der Waals surface area contributed by atoms with Crippen LogP contribution < -0.4 is 0 Å². The number of hydrogen-bond acceptors (Lipinski definition) is 5. The average molecular weight is 285 g/mol. The van der Waals surface area contributed by atoms with Crippen LogP contribution in [-0.2, 0) is 4.79 Å². The summed E-state index contributed by atoms with van der Waals surface area (Å²) < 4.78 is 0.969. The first-order valence-corrected chi connectivity index (χ1v) is 8.26. The zero-order valence-electron chi connectivity index (χ0n) is 10.7. The maximum Gasteiger partial charge on any atom is 0.223 e. The van der Waals surface area contributed by atoms with Crippen molar-refractivity contribution < 1.29 is 4.79 Å². The Bertz CT molecular complexity index is 386. The van der Waals surface area contributed by atoms with Gasteiger partial charge >= 0.3 is 0 Å². The van der Waals surface area contributed by atoms with E-state index in [4.69, 9.17) is 0 Å². The number of aromatic nitrogens is 2. The smallest absolute Gasteiger partial charge is 0.223 e. The molecule has 2 heterocycles. The quantitative estimate of drug-likeness (QED) is 0.798. The fourth-order valence-corrected chi connectivity index (χ4v) is 3.85. The fourth-order valence-electron chi connectivity index (χ4n) is 2.04. The van der Waals surface area contributed by atoms with Crippen molar-refractivity contribution >= 4 is 29.0 Å². The second-order valence-corrected chi connectivity index (χ2v) is 7.00. The summed E-state index contributed by atoms with van der Waals surface area (Å²) in [7, 11) is 0. The molecule has 0 unspecified atom stereocenters. The second kappa shape index (κ2) is 7.09. The van der Waals surface area contributed by atoms with Crippen LogP contribution in [0.2, 0.25) is 0 Å². The third kappa shape index (κ3) is 4.24. The number of likely N-dealkylation sites (tertiary alicyclic amines) is 1. The van der Waals surface area contributed by atoms with E-state index in [2.05, 4.69) is 10.2 Å². The molecule has 0 atom stereocenters. The van der Waals surface area contributed by atoms with Crippen LogP contribution in [0.5, 0.6) is 0 Å². The molecule has 1 aromatic rings. The Morgan fingerprint density at radius 2 is 2.00 bits per heavy atom. The highest BCUT2D eigenvalue weighted by Crippen LogP contribution is 2.22. The Morgan fingerprint density at radius 3 is 2.61 bits per heavy atom. The first kappa shape index (κ1) is 13.8. The third-order valence-corrected chi connectivity index (χ3v) is 4.98. The lowest BCUT2D eigenvalue weighted by atomic mass is 10.2. The van der Waals surface area contributed by atoms with Gasteiger partial charge in [0.05, 0.1) is 0 Å². The van der Waals surface area contributed by atoms with Crippen LogP contribution in [-0.4, -0.2) is 39.8 Å². The predicted octanol–water partition coefficient (Wildman–Crippen LogP) is 2.73. The first-order valence-electron chi connectivity index (χ1n) is 6.46. The van der Waals surface area contributed by atoms with Crippen molar-refractivity contribution in [1.29, 1.82) is 0 Å². The minimum Gasteiger partial charge on any atom is -0.343 e. The van der Waals surface area contributed by atoms with Gasteiger partial charge < -0.3 is 4.90 Å². The van der Waals surface area contributed by atoms with E-state index in [9.17, 15) is 4.79 Å². The van der Waals surface area contributed by atoms with Crippen LogP contribution in [0.4, 0.5) is 0 Å². The zero-order chi connectivity index (χ0) is 12.8. The predicted molar refractivity (Wildman–Crippen MR) is 75.0 cm³/mol. The molecule has 0 radical (unpaired) electrons. The van der Waals surface area contributed by atoms with Gasteiger partial charge in [0.15, 0.2) is 4.34 Å². The summed E-state index contributed by atoms with van der Waals surface area (Å²) in [4.78, 5) is 14.1. The summed E-state index contributed by atoms with van der Waals surface area (Å²) >= 11 is 3.23. The van der Waals surface area contributed by atoms with E-state index in [1.807, 2.05) is 11.8 Å². The van der Waals surface area contributed by atoms with Gasteiger partial charge in [-0.3, -0.25) is 4.79 Å². The highest BCUT2D eigenvalue weighted by molar-refractivity contribution is 8.01. The number of rotatable bonds is 4. The van der Waals surface area contributed by atoms with Crippen LogP contribution in [0.3, 0.4) is 0 Å². The summed E-state index contributed by atoms with van der Waals surface area (Å²) in [5.41, 5.74) is 0. The molecule has 0 aromatic carbocycles. The second-order valence-electron chi connectivity index (χ2n) is 4.48. The average Bonchev–Trinajstić information content (AvgIpc) is 2.63. The zero-order valence-corrected chi connectivity index (χ0v) is 12.4. The Hall–Kier alpha value is -0.620.